The quantitative estimate of drug-likeness (QED) is 0.232. The van der Waals surface area contributed by atoms with Crippen LogP contribution in [0, 0.1) is 6.92 Å². The van der Waals surface area contributed by atoms with Crippen LogP contribution in [0.1, 0.15) is 16.6 Å². The number of hydrogen-bond donors (Lipinski definition) is 2. The van der Waals surface area contributed by atoms with Crippen LogP contribution in [-0.2, 0) is 14.4 Å². The van der Waals surface area contributed by atoms with Crippen LogP contribution in [0.3, 0.4) is 0 Å². The number of nitrogens with zero attached hydrogens (tertiary/aromatic N) is 3. The van der Waals surface area contributed by atoms with Crippen molar-refractivity contribution < 1.29 is 49.0 Å². The maximum absolute atomic E-state index is 12.7. The van der Waals surface area contributed by atoms with E-state index in [0.717, 1.165) is 9.35 Å². The number of carboxylic acids is 1. The van der Waals surface area contributed by atoms with Crippen molar-refractivity contribution in [3.05, 3.63) is 52.2 Å². The molecular formula is C19H18N5NaO4S3. The number of aromatic nitrogens is 2. The van der Waals surface area contributed by atoms with Gasteiger partial charge in [-0.05, 0) is 18.1 Å². The molecular weight excluding hydrogens is 481 g/mol. The number of hydrogen-bond acceptors (Lipinski definition) is 10. The standard InChI is InChI=1S/C19H19N5O4S3.Na/c1-9-22-23-19(31-9)30-8-11-7-29-17-13(16(26)24(17)14(11)18(27)28)21-15(25)12(20)10-5-3-2-4-6-10;/h2-6,12-13,17H,7-8,20H2,1H3,(H,21,25)(H,27,28);/q;+1/p-1/t12?,13?,17-;/m0./s1. The summed E-state index contributed by atoms with van der Waals surface area (Å²) >= 11 is 4.19. The van der Waals surface area contributed by atoms with Gasteiger partial charge in [-0.3, -0.25) is 14.5 Å². The molecule has 1 aromatic carbocycles. The molecule has 3 N–H and O–H groups in total. The van der Waals surface area contributed by atoms with Gasteiger partial charge in [0.2, 0.25) is 5.91 Å². The Morgan fingerprint density at radius 1 is 1.34 bits per heavy atom. The zero-order valence-electron chi connectivity index (χ0n) is 17.3. The molecule has 162 valence electrons. The minimum Gasteiger partial charge on any atom is -0.543 e. The van der Waals surface area contributed by atoms with E-state index in [1.165, 1.54) is 39.8 Å². The third-order valence-corrected chi connectivity index (χ3v) is 8.25. The Hall–Kier alpha value is -1.41. The minimum atomic E-state index is -1.41. The van der Waals surface area contributed by atoms with Crippen LogP contribution >= 0.6 is 34.9 Å². The van der Waals surface area contributed by atoms with E-state index in [-0.39, 0.29) is 35.3 Å². The first-order chi connectivity index (χ1) is 14.9. The number of thioether (sulfide) groups is 2. The molecule has 2 aliphatic rings. The van der Waals surface area contributed by atoms with Crippen LogP contribution in [0.25, 0.3) is 0 Å². The van der Waals surface area contributed by atoms with E-state index in [1.807, 2.05) is 13.0 Å². The van der Waals surface area contributed by atoms with Crippen LogP contribution in [0.15, 0.2) is 45.9 Å². The largest absolute Gasteiger partial charge is 1.00 e. The van der Waals surface area contributed by atoms with E-state index < -0.39 is 35.2 Å². The molecule has 3 heterocycles. The van der Waals surface area contributed by atoms with Crippen molar-refractivity contribution in [2.24, 2.45) is 5.73 Å². The first-order valence-corrected chi connectivity index (χ1v) is 12.1. The summed E-state index contributed by atoms with van der Waals surface area (Å²) in [7, 11) is 0. The fourth-order valence-corrected chi connectivity index (χ4v) is 6.62. The average molecular weight is 500 g/mol. The molecule has 0 saturated carbocycles. The normalized spacial score (nSPS) is 20.7. The van der Waals surface area contributed by atoms with Crippen molar-refractivity contribution in [1.29, 1.82) is 0 Å². The summed E-state index contributed by atoms with van der Waals surface area (Å²) in [6.45, 7) is 1.84. The van der Waals surface area contributed by atoms with Gasteiger partial charge in [0.15, 0.2) is 4.34 Å². The van der Waals surface area contributed by atoms with Crippen molar-refractivity contribution in [1.82, 2.24) is 20.4 Å². The van der Waals surface area contributed by atoms with Crippen molar-refractivity contribution in [2.75, 3.05) is 11.5 Å². The van der Waals surface area contributed by atoms with E-state index in [9.17, 15) is 19.5 Å². The zero-order valence-corrected chi connectivity index (χ0v) is 21.8. The Morgan fingerprint density at radius 2 is 2.06 bits per heavy atom. The van der Waals surface area contributed by atoms with Gasteiger partial charge in [0.25, 0.3) is 5.91 Å². The third kappa shape index (κ3) is 5.06. The van der Waals surface area contributed by atoms with Gasteiger partial charge in [-0.15, -0.1) is 22.0 Å². The van der Waals surface area contributed by atoms with Crippen LogP contribution < -0.4 is 45.7 Å². The van der Waals surface area contributed by atoms with Crippen molar-refractivity contribution in [3.8, 4) is 0 Å². The van der Waals surface area contributed by atoms with Gasteiger partial charge in [-0.2, -0.15) is 0 Å². The number of carboxylic acid groups (broad SMARTS) is 1. The molecule has 1 aromatic heterocycles. The number of amides is 2. The van der Waals surface area contributed by atoms with Gasteiger partial charge in [-0.1, -0.05) is 53.4 Å². The molecule has 2 aliphatic heterocycles. The van der Waals surface area contributed by atoms with Crippen molar-refractivity contribution in [3.63, 3.8) is 0 Å². The van der Waals surface area contributed by atoms with E-state index in [4.69, 9.17) is 5.73 Å². The predicted octanol–water partition coefficient (Wildman–Crippen LogP) is -2.95. The fraction of sp³-hybridized carbons (Fsp3) is 0.316. The maximum atomic E-state index is 12.7. The monoisotopic (exact) mass is 499 g/mol. The summed E-state index contributed by atoms with van der Waals surface area (Å²) in [4.78, 5) is 38.3. The molecule has 0 spiro atoms. The molecule has 2 unspecified atom stereocenters. The number of aryl methyl sites for hydroxylation is 1. The summed E-state index contributed by atoms with van der Waals surface area (Å²) in [6.07, 6.45) is 0. The van der Waals surface area contributed by atoms with E-state index in [1.54, 1.807) is 24.3 Å². The number of aliphatic carboxylic acids is 1. The molecule has 0 aliphatic carbocycles. The smallest absolute Gasteiger partial charge is 0.543 e. The van der Waals surface area contributed by atoms with E-state index >= 15 is 0 Å². The molecule has 3 atom stereocenters. The molecule has 2 aromatic rings. The number of β-lactam (4-membered cyclic amide) rings is 1. The second kappa shape index (κ2) is 10.7. The molecule has 0 radical (unpaired) electrons. The molecule has 9 nitrogen and oxygen atoms in total. The number of carbonyl (C=O) groups is 3. The Bertz CT molecular complexity index is 1060. The van der Waals surface area contributed by atoms with Crippen LogP contribution in [-0.4, -0.2) is 55.8 Å². The van der Waals surface area contributed by atoms with Crippen LogP contribution in [0.4, 0.5) is 0 Å². The number of carbonyl (C=O) groups excluding carboxylic acids is 3. The number of nitrogens with two attached hydrogens (primary N) is 1. The number of rotatable bonds is 7. The minimum absolute atomic E-state index is 0. The summed E-state index contributed by atoms with van der Waals surface area (Å²) in [5.74, 6) is -1.62. The van der Waals surface area contributed by atoms with Gasteiger partial charge >= 0.3 is 29.6 Å². The number of nitrogens with one attached hydrogen (secondary N) is 1. The average Bonchev–Trinajstić information content (AvgIpc) is 3.20. The molecule has 13 heteroatoms. The first-order valence-electron chi connectivity index (χ1n) is 9.28. The van der Waals surface area contributed by atoms with Gasteiger partial charge in [0, 0.05) is 11.5 Å². The summed E-state index contributed by atoms with van der Waals surface area (Å²) in [6, 6.07) is 7.07. The third-order valence-electron chi connectivity index (χ3n) is 4.86. The predicted molar refractivity (Wildman–Crippen MR) is 116 cm³/mol. The van der Waals surface area contributed by atoms with Crippen LogP contribution in [0.2, 0.25) is 0 Å². The van der Waals surface area contributed by atoms with Gasteiger partial charge in [-0.25, -0.2) is 0 Å². The number of benzene rings is 1. The Labute approximate surface area is 218 Å². The molecule has 32 heavy (non-hydrogen) atoms. The van der Waals surface area contributed by atoms with Gasteiger partial charge < -0.3 is 21.0 Å². The molecule has 4 rings (SSSR count). The molecule has 2 amide bonds. The SMILES string of the molecule is Cc1nnc(SCC2=C(C(=O)[O-])N3C(=O)C(NC(=O)C(N)c4ccccc4)[C@@H]3SC2)s1.[Na+]. The van der Waals surface area contributed by atoms with Crippen LogP contribution in [0.5, 0.6) is 0 Å². The van der Waals surface area contributed by atoms with Crippen molar-refractivity contribution in [2.45, 2.75) is 28.7 Å². The maximum Gasteiger partial charge on any atom is 1.00 e. The van der Waals surface area contributed by atoms with E-state index in [2.05, 4.69) is 15.5 Å². The summed E-state index contributed by atoms with van der Waals surface area (Å²) < 4.78 is 0.727. The van der Waals surface area contributed by atoms with Gasteiger partial charge in [0.1, 0.15) is 22.5 Å². The van der Waals surface area contributed by atoms with Gasteiger partial charge in [0.05, 0.1) is 11.7 Å². The molecule has 1 fully saturated rings. The Balaban J connectivity index is 0.00000289. The second-order valence-electron chi connectivity index (χ2n) is 6.90. The van der Waals surface area contributed by atoms with Crippen molar-refractivity contribution >= 4 is 52.6 Å². The molecule has 1 saturated heterocycles. The summed E-state index contributed by atoms with van der Waals surface area (Å²) in [5, 5.41) is 22.8. The second-order valence-corrected chi connectivity index (χ2v) is 10.4. The fourth-order valence-electron chi connectivity index (χ4n) is 3.32. The Morgan fingerprint density at radius 3 is 2.69 bits per heavy atom. The molecule has 0 bridgehead atoms. The van der Waals surface area contributed by atoms with E-state index in [0.29, 0.717) is 22.6 Å². The summed E-state index contributed by atoms with van der Waals surface area (Å²) in [5.41, 5.74) is 7.09. The zero-order chi connectivity index (χ0) is 22.1. The number of fused-ring (bicyclic) bond motifs is 1. The topological polar surface area (TPSA) is 141 Å². The Kier molecular flexibility index (Phi) is 8.42. The first kappa shape index (κ1) is 25.2.